The molecule has 0 aliphatic rings. The number of nitrogens with zero attached hydrogens (tertiary/aromatic N) is 1. The topological polar surface area (TPSA) is 112 Å². The summed E-state index contributed by atoms with van der Waals surface area (Å²) in [4.78, 5) is 10.7. The third-order valence-electron chi connectivity index (χ3n) is 2.66. The van der Waals surface area contributed by atoms with Gasteiger partial charge in [-0.05, 0) is 30.3 Å². The zero-order valence-corrected chi connectivity index (χ0v) is 11.2. The number of rotatable bonds is 6. The molecule has 7 nitrogen and oxygen atoms in total. The second-order valence-corrected chi connectivity index (χ2v) is 5.83. The van der Waals surface area contributed by atoms with Crippen molar-refractivity contribution in [2.45, 2.75) is 11.3 Å². The van der Waals surface area contributed by atoms with Gasteiger partial charge in [-0.1, -0.05) is 0 Å². The van der Waals surface area contributed by atoms with Crippen LogP contribution in [-0.2, 0) is 16.4 Å². The number of nitrogens with one attached hydrogen (secondary N) is 2. The first-order valence-electron chi connectivity index (χ1n) is 5.80. The van der Waals surface area contributed by atoms with Gasteiger partial charge in [-0.15, -0.1) is 0 Å². The van der Waals surface area contributed by atoms with Crippen molar-refractivity contribution in [2.24, 2.45) is 0 Å². The highest BCUT2D eigenvalue weighted by molar-refractivity contribution is 7.89. The van der Waals surface area contributed by atoms with E-state index in [0.717, 1.165) is 5.69 Å². The smallest absolute Gasteiger partial charge is 0.335 e. The molecule has 0 aliphatic carbocycles. The average Bonchev–Trinajstić information content (AvgIpc) is 2.92. The van der Waals surface area contributed by atoms with Gasteiger partial charge in [0.1, 0.15) is 0 Å². The lowest BCUT2D eigenvalue weighted by Crippen LogP contribution is -2.26. The van der Waals surface area contributed by atoms with E-state index >= 15 is 0 Å². The van der Waals surface area contributed by atoms with Crippen LogP contribution in [0, 0.1) is 0 Å². The van der Waals surface area contributed by atoms with Gasteiger partial charge in [0, 0.05) is 24.9 Å². The van der Waals surface area contributed by atoms with Crippen molar-refractivity contribution in [3.05, 3.63) is 47.8 Å². The number of aromatic carboxylic acids is 1. The number of H-pyrrole nitrogens is 1. The standard InChI is InChI=1S/C12H13N3O4S/c16-12(17)9-1-3-11(4-2-9)20(18,19)14-8-6-10-5-7-13-15-10/h1-5,7,14H,6,8H2,(H,13,15)(H,16,17). The number of benzene rings is 1. The predicted octanol–water partition coefficient (Wildman–Crippen LogP) is 0.629. The van der Waals surface area contributed by atoms with Crippen molar-refractivity contribution in [3.63, 3.8) is 0 Å². The number of carboxylic acid groups (broad SMARTS) is 1. The van der Waals surface area contributed by atoms with Crippen molar-refractivity contribution < 1.29 is 18.3 Å². The summed E-state index contributed by atoms with van der Waals surface area (Å²) in [6.45, 7) is 0.227. The van der Waals surface area contributed by atoms with Crippen LogP contribution in [0.25, 0.3) is 0 Å². The largest absolute Gasteiger partial charge is 0.478 e. The molecule has 0 unspecified atom stereocenters. The molecule has 0 saturated carbocycles. The number of carbonyl (C=O) groups is 1. The molecule has 1 aromatic heterocycles. The van der Waals surface area contributed by atoms with Gasteiger partial charge in [-0.3, -0.25) is 5.10 Å². The van der Waals surface area contributed by atoms with E-state index in [1.807, 2.05) is 0 Å². The summed E-state index contributed by atoms with van der Waals surface area (Å²) in [6.07, 6.45) is 2.08. The maximum Gasteiger partial charge on any atom is 0.335 e. The molecule has 8 heteroatoms. The molecule has 106 valence electrons. The molecule has 0 atom stereocenters. The van der Waals surface area contributed by atoms with Crippen LogP contribution in [0.15, 0.2) is 41.4 Å². The van der Waals surface area contributed by atoms with Gasteiger partial charge in [0.25, 0.3) is 0 Å². The SMILES string of the molecule is O=C(O)c1ccc(S(=O)(=O)NCCc2ccn[nH]2)cc1. The lowest BCUT2D eigenvalue weighted by Gasteiger charge is -2.06. The zero-order chi connectivity index (χ0) is 14.6. The van der Waals surface area contributed by atoms with Crippen LogP contribution in [-0.4, -0.2) is 36.2 Å². The van der Waals surface area contributed by atoms with Crippen LogP contribution in [0.2, 0.25) is 0 Å². The maximum atomic E-state index is 12.0. The molecular formula is C12H13N3O4S. The number of sulfonamides is 1. The van der Waals surface area contributed by atoms with Crippen LogP contribution >= 0.6 is 0 Å². The third kappa shape index (κ3) is 3.43. The molecule has 1 heterocycles. The fourth-order valence-corrected chi connectivity index (χ4v) is 2.64. The van der Waals surface area contributed by atoms with E-state index in [-0.39, 0.29) is 17.0 Å². The molecule has 0 aliphatic heterocycles. The molecule has 1 aromatic carbocycles. The van der Waals surface area contributed by atoms with Crippen molar-refractivity contribution in [2.75, 3.05) is 6.54 Å². The van der Waals surface area contributed by atoms with Crippen LogP contribution in [0.3, 0.4) is 0 Å². The van der Waals surface area contributed by atoms with Crippen molar-refractivity contribution in [1.82, 2.24) is 14.9 Å². The second kappa shape index (κ2) is 5.85. The summed E-state index contributed by atoms with van der Waals surface area (Å²) in [5, 5.41) is 15.2. The average molecular weight is 295 g/mol. The highest BCUT2D eigenvalue weighted by atomic mass is 32.2. The van der Waals surface area contributed by atoms with Crippen LogP contribution in [0.4, 0.5) is 0 Å². The Kier molecular flexibility index (Phi) is 4.16. The molecule has 0 radical (unpaired) electrons. The Balaban J connectivity index is 2.00. The molecular weight excluding hydrogens is 282 g/mol. The molecule has 0 amide bonds. The molecule has 2 aromatic rings. The fourth-order valence-electron chi connectivity index (χ4n) is 1.60. The number of aromatic amines is 1. The van der Waals surface area contributed by atoms with Crippen molar-refractivity contribution >= 4 is 16.0 Å². The molecule has 0 bridgehead atoms. The summed E-state index contributed by atoms with van der Waals surface area (Å²) < 4.78 is 26.4. The Morgan fingerprint density at radius 3 is 2.50 bits per heavy atom. The molecule has 0 saturated heterocycles. The summed E-state index contributed by atoms with van der Waals surface area (Å²) in [5.74, 6) is -1.10. The highest BCUT2D eigenvalue weighted by Crippen LogP contribution is 2.10. The zero-order valence-electron chi connectivity index (χ0n) is 10.4. The summed E-state index contributed by atoms with van der Waals surface area (Å²) in [7, 11) is -3.63. The molecule has 0 fully saturated rings. The molecule has 20 heavy (non-hydrogen) atoms. The van der Waals surface area contributed by atoms with E-state index in [9.17, 15) is 13.2 Å². The minimum atomic E-state index is -3.63. The van der Waals surface area contributed by atoms with Gasteiger partial charge in [-0.25, -0.2) is 17.9 Å². The molecule has 2 rings (SSSR count). The summed E-state index contributed by atoms with van der Waals surface area (Å²) in [5.41, 5.74) is 0.871. The van der Waals surface area contributed by atoms with Crippen LogP contribution < -0.4 is 4.72 Å². The van der Waals surface area contributed by atoms with Crippen molar-refractivity contribution in [1.29, 1.82) is 0 Å². The first-order valence-corrected chi connectivity index (χ1v) is 7.28. The van der Waals surface area contributed by atoms with E-state index in [4.69, 9.17) is 5.11 Å². The first-order chi connectivity index (χ1) is 9.49. The number of carboxylic acids is 1. The van der Waals surface area contributed by atoms with E-state index < -0.39 is 16.0 Å². The van der Waals surface area contributed by atoms with E-state index in [1.54, 1.807) is 12.3 Å². The van der Waals surface area contributed by atoms with Gasteiger partial charge in [0.2, 0.25) is 10.0 Å². The van der Waals surface area contributed by atoms with Crippen LogP contribution in [0.5, 0.6) is 0 Å². The Morgan fingerprint density at radius 2 is 1.95 bits per heavy atom. The lowest BCUT2D eigenvalue weighted by molar-refractivity contribution is 0.0696. The summed E-state index contributed by atoms with van der Waals surface area (Å²) in [6, 6.07) is 6.80. The number of aromatic nitrogens is 2. The number of hydrogen-bond acceptors (Lipinski definition) is 4. The van der Waals surface area contributed by atoms with E-state index in [0.29, 0.717) is 6.42 Å². The molecule has 0 spiro atoms. The Labute approximate surface area is 115 Å². The third-order valence-corrected chi connectivity index (χ3v) is 4.13. The summed E-state index contributed by atoms with van der Waals surface area (Å²) >= 11 is 0. The van der Waals surface area contributed by atoms with Gasteiger partial charge in [0.15, 0.2) is 0 Å². The lowest BCUT2D eigenvalue weighted by atomic mass is 10.2. The highest BCUT2D eigenvalue weighted by Gasteiger charge is 2.14. The fraction of sp³-hybridized carbons (Fsp3) is 0.167. The van der Waals surface area contributed by atoms with Gasteiger partial charge < -0.3 is 5.11 Å². The predicted molar refractivity (Wildman–Crippen MR) is 70.9 cm³/mol. The van der Waals surface area contributed by atoms with Gasteiger partial charge >= 0.3 is 5.97 Å². The Bertz CT molecular complexity index is 678. The maximum absolute atomic E-state index is 12.0. The number of hydrogen-bond donors (Lipinski definition) is 3. The van der Waals surface area contributed by atoms with Gasteiger partial charge in [-0.2, -0.15) is 5.10 Å². The van der Waals surface area contributed by atoms with Crippen LogP contribution in [0.1, 0.15) is 16.1 Å². The van der Waals surface area contributed by atoms with Gasteiger partial charge in [0.05, 0.1) is 10.5 Å². The molecule has 3 N–H and O–H groups in total. The van der Waals surface area contributed by atoms with E-state index in [2.05, 4.69) is 14.9 Å². The first kappa shape index (κ1) is 14.2. The Hall–Kier alpha value is -2.19. The minimum Gasteiger partial charge on any atom is -0.478 e. The van der Waals surface area contributed by atoms with Crippen molar-refractivity contribution in [3.8, 4) is 0 Å². The normalized spacial score (nSPS) is 11.4. The minimum absolute atomic E-state index is 0.0344. The Morgan fingerprint density at radius 1 is 1.25 bits per heavy atom. The monoisotopic (exact) mass is 295 g/mol. The quantitative estimate of drug-likeness (QED) is 0.723. The van der Waals surface area contributed by atoms with E-state index in [1.165, 1.54) is 24.3 Å². The second-order valence-electron chi connectivity index (χ2n) is 4.06.